The second-order valence-corrected chi connectivity index (χ2v) is 9.00. The van der Waals surface area contributed by atoms with Crippen molar-refractivity contribution in [2.45, 2.75) is 26.4 Å². The number of fused-ring (bicyclic) bond motifs is 1. The number of nitrogens with one attached hydrogen (secondary N) is 1. The molecule has 0 bridgehead atoms. The Morgan fingerprint density at radius 3 is 2.39 bits per heavy atom. The van der Waals surface area contributed by atoms with Crippen molar-refractivity contribution in [1.82, 2.24) is 29.7 Å². The summed E-state index contributed by atoms with van der Waals surface area (Å²) in [6.45, 7) is 6.30. The highest BCUT2D eigenvalue weighted by molar-refractivity contribution is 5.74. The molecule has 0 radical (unpaired) electrons. The first-order valence-corrected chi connectivity index (χ1v) is 12.4. The lowest BCUT2D eigenvalue weighted by atomic mass is 10.1. The van der Waals surface area contributed by atoms with Gasteiger partial charge in [0.05, 0.1) is 13.7 Å². The largest absolute Gasteiger partial charge is 0.497 e. The molecular weight excluding hydrogens is 452 g/mol. The third-order valence-electron chi connectivity index (χ3n) is 6.72. The van der Waals surface area contributed by atoms with Gasteiger partial charge in [-0.15, -0.1) is 0 Å². The summed E-state index contributed by atoms with van der Waals surface area (Å²) in [4.78, 5) is 26.5. The van der Waals surface area contributed by atoms with Gasteiger partial charge in [0.2, 0.25) is 0 Å². The molecule has 8 nitrogen and oxygen atoms in total. The molecule has 1 aliphatic heterocycles. The van der Waals surface area contributed by atoms with Gasteiger partial charge in [-0.3, -0.25) is 9.47 Å². The van der Waals surface area contributed by atoms with E-state index in [1.165, 1.54) is 5.56 Å². The van der Waals surface area contributed by atoms with Crippen molar-refractivity contribution in [1.29, 1.82) is 0 Å². The average molecular weight is 485 g/mol. The van der Waals surface area contributed by atoms with Crippen LogP contribution in [0.2, 0.25) is 0 Å². The molecule has 4 aromatic rings. The number of aromatic nitrogens is 3. The molecule has 2 aromatic carbocycles. The SMILES string of the molecule is CCc1ccc(-n2c(CN3CCN(C(=O)NCc4ccc(OC)cc4)CC3)nc3cccnc32)cc1. The van der Waals surface area contributed by atoms with Gasteiger partial charge in [0.15, 0.2) is 5.65 Å². The third kappa shape index (κ3) is 5.18. The van der Waals surface area contributed by atoms with Crippen molar-refractivity contribution in [3.63, 3.8) is 0 Å². The van der Waals surface area contributed by atoms with Crippen LogP contribution < -0.4 is 10.1 Å². The number of aryl methyl sites for hydroxylation is 1. The van der Waals surface area contributed by atoms with Gasteiger partial charge in [0.1, 0.15) is 17.1 Å². The molecule has 1 aliphatic rings. The van der Waals surface area contributed by atoms with Gasteiger partial charge >= 0.3 is 6.03 Å². The van der Waals surface area contributed by atoms with Crippen LogP contribution >= 0.6 is 0 Å². The number of benzene rings is 2. The molecule has 5 rings (SSSR count). The Labute approximate surface area is 211 Å². The quantitative estimate of drug-likeness (QED) is 0.429. The fourth-order valence-corrected chi connectivity index (χ4v) is 4.56. The lowest BCUT2D eigenvalue weighted by molar-refractivity contribution is 0.133. The smallest absolute Gasteiger partial charge is 0.317 e. The first-order valence-electron chi connectivity index (χ1n) is 12.4. The third-order valence-corrected chi connectivity index (χ3v) is 6.72. The number of carbonyl (C=O) groups is 1. The lowest BCUT2D eigenvalue weighted by Crippen LogP contribution is -2.51. The van der Waals surface area contributed by atoms with Gasteiger partial charge in [0, 0.05) is 44.6 Å². The van der Waals surface area contributed by atoms with E-state index in [1.54, 1.807) is 7.11 Å². The van der Waals surface area contributed by atoms with E-state index in [0.717, 1.165) is 53.5 Å². The van der Waals surface area contributed by atoms with Crippen LogP contribution in [0.4, 0.5) is 4.79 Å². The number of carbonyl (C=O) groups excluding carboxylic acids is 1. The number of piperazine rings is 1. The van der Waals surface area contributed by atoms with E-state index >= 15 is 0 Å². The van der Waals surface area contributed by atoms with Gasteiger partial charge in [-0.1, -0.05) is 31.2 Å². The molecule has 0 saturated carbocycles. The number of ether oxygens (including phenoxy) is 1. The van der Waals surface area contributed by atoms with E-state index in [2.05, 4.69) is 51.0 Å². The average Bonchev–Trinajstić information content (AvgIpc) is 3.30. The van der Waals surface area contributed by atoms with Crippen molar-refractivity contribution in [3.8, 4) is 11.4 Å². The van der Waals surface area contributed by atoms with Crippen molar-refractivity contribution >= 4 is 17.2 Å². The van der Waals surface area contributed by atoms with E-state index in [9.17, 15) is 4.79 Å². The number of urea groups is 1. The Morgan fingerprint density at radius 1 is 0.972 bits per heavy atom. The van der Waals surface area contributed by atoms with E-state index < -0.39 is 0 Å². The number of rotatable bonds is 7. The van der Waals surface area contributed by atoms with Crippen LogP contribution in [-0.2, 0) is 19.5 Å². The lowest BCUT2D eigenvalue weighted by Gasteiger charge is -2.34. The first kappa shape index (κ1) is 23.8. The molecule has 0 spiro atoms. The van der Waals surface area contributed by atoms with Crippen molar-refractivity contribution in [3.05, 3.63) is 83.8 Å². The summed E-state index contributed by atoms with van der Waals surface area (Å²) in [6, 6.07) is 20.3. The topological polar surface area (TPSA) is 75.5 Å². The monoisotopic (exact) mass is 484 g/mol. The van der Waals surface area contributed by atoms with Gasteiger partial charge in [0.25, 0.3) is 0 Å². The van der Waals surface area contributed by atoms with E-state index in [4.69, 9.17) is 9.72 Å². The molecule has 1 saturated heterocycles. The number of imidazole rings is 1. The summed E-state index contributed by atoms with van der Waals surface area (Å²) in [5.74, 6) is 1.77. The van der Waals surface area contributed by atoms with Crippen LogP contribution in [-0.4, -0.2) is 63.7 Å². The Balaban J connectivity index is 1.22. The zero-order valence-electron chi connectivity index (χ0n) is 20.9. The Morgan fingerprint density at radius 2 is 1.69 bits per heavy atom. The van der Waals surface area contributed by atoms with Crippen LogP contribution in [0.1, 0.15) is 23.9 Å². The van der Waals surface area contributed by atoms with Crippen LogP contribution in [0, 0.1) is 0 Å². The highest BCUT2D eigenvalue weighted by atomic mass is 16.5. The molecule has 186 valence electrons. The summed E-state index contributed by atoms with van der Waals surface area (Å²) in [5.41, 5.74) is 5.18. The van der Waals surface area contributed by atoms with Gasteiger partial charge < -0.3 is 15.0 Å². The number of pyridine rings is 1. The van der Waals surface area contributed by atoms with Gasteiger partial charge in [-0.05, 0) is 53.9 Å². The fourth-order valence-electron chi connectivity index (χ4n) is 4.56. The van der Waals surface area contributed by atoms with Crippen molar-refractivity contribution in [2.75, 3.05) is 33.3 Å². The Bertz CT molecular complexity index is 1310. The van der Waals surface area contributed by atoms with Gasteiger partial charge in [-0.2, -0.15) is 0 Å². The standard InChI is InChI=1S/C28H32N6O2/c1-3-21-6-10-23(11-7-21)34-26(31-25-5-4-14-29-27(25)34)20-32-15-17-33(18-16-32)28(35)30-19-22-8-12-24(36-2)13-9-22/h4-14H,3,15-20H2,1-2H3,(H,30,35). The number of methoxy groups -OCH3 is 1. The first-order chi connectivity index (χ1) is 17.6. The van der Waals surface area contributed by atoms with Crippen molar-refractivity contribution in [2.24, 2.45) is 0 Å². The Hall–Kier alpha value is -3.91. The van der Waals surface area contributed by atoms with E-state index in [0.29, 0.717) is 26.2 Å². The number of hydrogen-bond donors (Lipinski definition) is 1. The zero-order chi connectivity index (χ0) is 24.9. The van der Waals surface area contributed by atoms with Crippen LogP contribution in [0.3, 0.4) is 0 Å². The second kappa shape index (κ2) is 10.8. The van der Waals surface area contributed by atoms with Gasteiger partial charge in [-0.25, -0.2) is 14.8 Å². The predicted octanol–water partition coefficient (Wildman–Crippen LogP) is 4.02. The minimum absolute atomic E-state index is 0.0297. The Kier molecular flexibility index (Phi) is 7.13. The van der Waals surface area contributed by atoms with Crippen LogP contribution in [0.5, 0.6) is 5.75 Å². The minimum Gasteiger partial charge on any atom is -0.497 e. The summed E-state index contributed by atoms with van der Waals surface area (Å²) in [6.07, 6.45) is 2.82. The van der Waals surface area contributed by atoms with Crippen LogP contribution in [0.25, 0.3) is 16.9 Å². The zero-order valence-corrected chi connectivity index (χ0v) is 20.9. The van der Waals surface area contributed by atoms with Crippen molar-refractivity contribution < 1.29 is 9.53 Å². The number of amides is 2. The molecule has 2 amide bonds. The summed E-state index contributed by atoms with van der Waals surface area (Å²) < 4.78 is 7.35. The molecule has 1 fully saturated rings. The second-order valence-electron chi connectivity index (χ2n) is 9.00. The molecule has 0 aliphatic carbocycles. The summed E-state index contributed by atoms with van der Waals surface area (Å²) >= 11 is 0. The fraction of sp³-hybridized carbons (Fsp3) is 0.321. The molecule has 1 N–H and O–H groups in total. The van der Waals surface area contributed by atoms with E-state index in [-0.39, 0.29) is 6.03 Å². The number of nitrogens with zero attached hydrogens (tertiary/aromatic N) is 5. The number of hydrogen-bond acceptors (Lipinski definition) is 5. The molecule has 3 heterocycles. The molecule has 8 heteroatoms. The normalized spacial score (nSPS) is 14.2. The molecular formula is C28H32N6O2. The van der Waals surface area contributed by atoms with Crippen LogP contribution in [0.15, 0.2) is 66.9 Å². The summed E-state index contributed by atoms with van der Waals surface area (Å²) in [5, 5.41) is 3.03. The maximum Gasteiger partial charge on any atom is 0.317 e. The maximum atomic E-state index is 12.7. The minimum atomic E-state index is -0.0297. The maximum absolute atomic E-state index is 12.7. The molecule has 0 atom stereocenters. The highest BCUT2D eigenvalue weighted by Gasteiger charge is 2.23. The molecule has 36 heavy (non-hydrogen) atoms. The predicted molar refractivity (Wildman–Crippen MR) is 140 cm³/mol. The van der Waals surface area contributed by atoms with E-state index in [1.807, 2.05) is 47.5 Å². The highest BCUT2D eigenvalue weighted by Crippen LogP contribution is 2.22. The molecule has 0 unspecified atom stereocenters. The molecule has 2 aromatic heterocycles. The summed E-state index contributed by atoms with van der Waals surface area (Å²) in [7, 11) is 1.65.